The standard InChI is InChI=1S/C22H31N5O6/c1-11(2)18(22(32)33)27-20(30)16(8-13-10-24-15-7-5-4-6-14(13)15)25-21(31)19(12(3)28)26-17(29)9-23/h4-7,10-12,16,18-19,24,28H,8-9,23H2,1-3H3,(H,25,31)(H,26,29)(H,27,30)(H,32,33). The minimum absolute atomic E-state index is 0.0450. The molecule has 1 aromatic carbocycles. The van der Waals surface area contributed by atoms with Crippen LogP contribution in [0.2, 0.25) is 0 Å². The van der Waals surface area contributed by atoms with Crippen molar-refractivity contribution in [3.8, 4) is 0 Å². The molecule has 4 unspecified atom stereocenters. The van der Waals surface area contributed by atoms with E-state index >= 15 is 0 Å². The van der Waals surface area contributed by atoms with E-state index in [1.54, 1.807) is 20.0 Å². The van der Waals surface area contributed by atoms with Crippen LogP contribution in [0.4, 0.5) is 0 Å². The fourth-order valence-electron chi connectivity index (χ4n) is 3.40. The summed E-state index contributed by atoms with van der Waals surface area (Å²) in [6.45, 7) is 4.23. The third kappa shape index (κ3) is 6.77. The molecule has 3 amide bonds. The first-order valence-electron chi connectivity index (χ1n) is 10.6. The minimum Gasteiger partial charge on any atom is -0.480 e. The Hall–Kier alpha value is -3.44. The van der Waals surface area contributed by atoms with Crippen LogP contribution in [0.5, 0.6) is 0 Å². The van der Waals surface area contributed by atoms with Crippen molar-refractivity contribution < 1.29 is 29.4 Å². The Balaban J connectivity index is 2.32. The van der Waals surface area contributed by atoms with Gasteiger partial charge in [-0.15, -0.1) is 0 Å². The Morgan fingerprint density at radius 1 is 1.00 bits per heavy atom. The number of carboxylic acids is 1. The first-order chi connectivity index (χ1) is 15.5. The molecule has 33 heavy (non-hydrogen) atoms. The average Bonchev–Trinajstić information content (AvgIpc) is 3.16. The van der Waals surface area contributed by atoms with E-state index in [0.717, 1.165) is 16.5 Å². The predicted molar refractivity (Wildman–Crippen MR) is 121 cm³/mol. The summed E-state index contributed by atoms with van der Waals surface area (Å²) in [4.78, 5) is 52.3. The average molecular weight is 462 g/mol. The van der Waals surface area contributed by atoms with Gasteiger partial charge in [0.25, 0.3) is 0 Å². The number of para-hydroxylation sites is 1. The number of aliphatic hydroxyl groups excluding tert-OH is 1. The molecule has 11 nitrogen and oxygen atoms in total. The molecule has 0 radical (unpaired) electrons. The molecule has 11 heteroatoms. The van der Waals surface area contributed by atoms with Gasteiger partial charge in [0.2, 0.25) is 17.7 Å². The van der Waals surface area contributed by atoms with Gasteiger partial charge in [-0.05, 0) is 24.5 Å². The number of rotatable bonds is 11. The number of benzene rings is 1. The van der Waals surface area contributed by atoms with Gasteiger partial charge >= 0.3 is 5.97 Å². The Kier molecular flexibility index (Phi) is 8.94. The summed E-state index contributed by atoms with van der Waals surface area (Å²) in [6.07, 6.45) is 0.486. The summed E-state index contributed by atoms with van der Waals surface area (Å²) < 4.78 is 0. The maximum absolute atomic E-state index is 13.1. The van der Waals surface area contributed by atoms with E-state index in [4.69, 9.17) is 5.73 Å². The third-order valence-electron chi connectivity index (χ3n) is 5.23. The highest BCUT2D eigenvalue weighted by atomic mass is 16.4. The highest BCUT2D eigenvalue weighted by Gasteiger charge is 2.32. The van der Waals surface area contributed by atoms with E-state index in [2.05, 4.69) is 20.9 Å². The van der Waals surface area contributed by atoms with Crippen molar-refractivity contribution in [2.24, 2.45) is 11.7 Å². The van der Waals surface area contributed by atoms with Crippen LogP contribution in [0.1, 0.15) is 26.3 Å². The quantitative estimate of drug-likeness (QED) is 0.229. The number of H-pyrrole nitrogens is 1. The second-order valence-electron chi connectivity index (χ2n) is 8.18. The van der Waals surface area contributed by atoms with Crippen LogP contribution >= 0.6 is 0 Å². The lowest BCUT2D eigenvalue weighted by atomic mass is 10.0. The van der Waals surface area contributed by atoms with Crippen LogP contribution in [0.3, 0.4) is 0 Å². The van der Waals surface area contributed by atoms with Crippen molar-refractivity contribution in [2.45, 2.75) is 51.4 Å². The molecule has 0 aliphatic heterocycles. The van der Waals surface area contributed by atoms with E-state index in [9.17, 15) is 29.4 Å². The lowest BCUT2D eigenvalue weighted by Gasteiger charge is -2.26. The van der Waals surface area contributed by atoms with Crippen molar-refractivity contribution in [3.05, 3.63) is 36.0 Å². The number of aliphatic hydroxyl groups is 1. The Bertz CT molecular complexity index is 1000. The lowest BCUT2D eigenvalue weighted by Crippen LogP contribution is -2.59. The van der Waals surface area contributed by atoms with Crippen LogP contribution < -0.4 is 21.7 Å². The molecular formula is C22H31N5O6. The van der Waals surface area contributed by atoms with Gasteiger partial charge in [-0.2, -0.15) is 0 Å². The molecule has 2 aromatic rings. The fraction of sp³-hybridized carbons (Fsp3) is 0.455. The van der Waals surface area contributed by atoms with Crippen LogP contribution in [-0.2, 0) is 25.6 Å². The van der Waals surface area contributed by atoms with Crippen LogP contribution in [0, 0.1) is 5.92 Å². The van der Waals surface area contributed by atoms with E-state index in [-0.39, 0.29) is 13.0 Å². The molecule has 2 rings (SSSR count). The van der Waals surface area contributed by atoms with E-state index in [1.807, 2.05) is 24.3 Å². The normalized spacial score (nSPS) is 14.8. The minimum atomic E-state index is -1.35. The van der Waals surface area contributed by atoms with E-state index < -0.39 is 53.8 Å². The first kappa shape index (κ1) is 25.8. The highest BCUT2D eigenvalue weighted by Crippen LogP contribution is 2.19. The smallest absolute Gasteiger partial charge is 0.326 e. The molecular weight excluding hydrogens is 430 g/mol. The lowest BCUT2D eigenvalue weighted by molar-refractivity contribution is -0.143. The number of carbonyl (C=O) groups excluding carboxylic acids is 3. The number of amides is 3. The van der Waals surface area contributed by atoms with Crippen molar-refractivity contribution in [1.82, 2.24) is 20.9 Å². The number of nitrogens with two attached hydrogens (primary N) is 1. The number of hydrogen-bond acceptors (Lipinski definition) is 6. The van der Waals surface area contributed by atoms with Crippen molar-refractivity contribution in [2.75, 3.05) is 6.54 Å². The number of fused-ring (bicyclic) bond motifs is 1. The molecule has 1 heterocycles. The molecule has 0 aliphatic carbocycles. The van der Waals surface area contributed by atoms with Gasteiger partial charge in [0.05, 0.1) is 12.6 Å². The molecule has 8 N–H and O–H groups in total. The second kappa shape index (κ2) is 11.4. The number of aromatic amines is 1. The molecule has 0 fully saturated rings. The Morgan fingerprint density at radius 3 is 2.24 bits per heavy atom. The third-order valence-corrected chi connectivity index (χ3v) is 5.23. The van der Waals surface area contributed by atoms with Crippen LogP contribution in [0.25, 0.3) is 10.9 Å². The Labute approximate surface area is 191 Å². The van der Waals surface area contributed by atoms with Crippen molar-refractivity contribution >= 4 is 34.6 Å². The molecule has 0 aliphatic rings. The van der Waals surface area contributed by atoms with Crippen molar-refractivity contribution in [1.29, 1.82) is 0 Å². The number of carbonyl (C=O) groups is 4. The SMILES string of the molecule is CC(C)C(NC(=O)C(Cc1c[nH]c2ccccc12)NC(=O)C(NC(=O)CN)C(C)O)C(=O)O. The Morgan fingerprint density at radius 2 is 1.67 bits per heavy atom. The molecule has 0 spiro atoms. The molecule has 1 aromatic heterocycles. The van der Waals surface area contributed by atoms with Crippen LogP contribution in [-0.4, -0.2) is 69.7 Å². The molecule has 0 bridgehead atoms. The highest BCUT2D eigenvalue weighted by molar-refractivity contribution is 5.94. The zero-order valence-electron chi connectivity index (χ0n) is 18.8. The summed E-state index contributed by atoms with van der Waals surface area (Å²) in [5.74, 6) is -3.76. The number of aromatic nitrogens is 1. The largest absolute Gasteiger partial charge is 0.480 e. The van der Waals surface area contributed by atoms with Crippen molar-refractivity contribution in [3.63, 3.8) is 0 Å². The van der Waals surface area contributed by atoms with Crippen LogP contribution in [0.15, 0.2) is 30.5 Å². The van der Waals surface area contributed by atoms with Gasteiger partial charge in [0.1, 0.15) is 18.1 Å². The zero-order chi connectivity index (χ0) is 24.7. The molecule has 180 valence electrons. The van der Waals surface area contributed by atoms with Gasteiger partial charge in [-0.3, -0.25) is 14.4 Å². The summed E-state index contributed by atoms with van der Waals surface area (Å²) in [6, 6.07) is 3.71. The number of nitrogens with one attached hydrogen (secondary N) is 4. The molecule has 4 atom stereocenters. The van der Waals surface area contributed by atoms with Gasteiger partial charge in [-0.1, -0.05) is 32.0 Å². The van der Waals surface area contributed by atoms with Gasteiger partial charge < -0.3 is 36.9 Å². The number of hydrogen-bond donors (Lipinski definition) is 7. The maximum atomic E-state index is 13.1. The molecule has 0 saturated carbocycles. The zero-order valence-corrected chi connectivity index (χ0v) is 18.8. The second-order valence-corrected chi connectivity index (χ2v) is 8.18. The van der Waals surface area contributed by atoms with E-state index in [1.165, 1.54) is 6.92 Å². The summed E-state index contributed by atoms with van der Waals surface area (Å²) >= 11 is 0. The fourth-order valence-corrected chi connectivity index (χ4v) is 3.40. The molecule has 0 saturated heterocycles. The number of aliphatic carboxylic acids is 1. The van der Waals surface area contributed by atoms with Gasteiger partial charge in [0, 0.05) is 23.5 Å². The predicted octanol–water partition coefficient (Wildman–Crippen LogP) is -0.755. The summed E-state index contributed by atoms with van der Waals surface area (Å²) in [5.41, 5.74) is 6.83. The summed E-state index contributed by atoms with van der Waals surface area (Å²) in [7, 11) is 0. The monoisotopic (exact) mass is 461 g/mol. The summed E-state index contributed by atoms with van der Waals surface area (Å²) in [5, 5.41) is 27.6. The van der Waals surface area contributed by atoms with Gasteiger partial charge in [0.15, 0.2) is 0 Å². The maximum Gasteiger partial charge on any atom is 0.326 e. The first-order valence-corrected chi connectivity index (χ1v) is 10.6. The topological polar surface area (TPSA) is 187 Å². The van der Waals surface area contributed by atoms with E-state index in [0.29, 0.717) is 0 Å². The number of carboxylic acid groups (broad SMARTS) is 1. The van der Waals surface area contributed by atoms with Gasteiger partial charge in [-0.25, -0.2) is 4.79 Å².